The fourth-order valence-electron chi connectivity index (χ4n) is 1.58. The van der Waals surface area contributed by atoms with E-state index in [0.717, 1.165) is 10.8 Å². The first-order chi connectivity index (χ1) is 6.84. The Labute approximate surface area is 83.1 Å². The van der Waals surface area contributed by atoms with E-state index in [0.29, 0.717) is 11.5 Å². The zero-order valence-electron chi connectivity index (χ0n) is 7.10. The van der Waals surface area contributed by atoms with Gasteiger partial charge < -0.3 is 8.37 Å². The summed E-state index contributed by atoms with van der Waals surface area (Å²) in [6.45, 7) is 0. The first-order valence-corrected chi connectivity index (χ1v) is 5.15. The standard InChI is InChI=1S/C10H6O3S/c11-14-12-8-5-1-3-7-4-2-6-9(13-14)10(7)8/h1-6H. The predicted octanol–water partition coefficient (Wildman–Crippen LogP) is 2.19. The molecule has 2 aromatic rings. The maximum Gasteiger partial charge on any atom is 0.417 e. The highest BCUT2D eigenvalue weighted by atomic mass is 32.2. The van der Waals surface area contributed by atoms with Crippen molar-refractivity contribution in [3.05, 3.63) is 36.4 Å². The second kappa shape index (κ2) is 2.72. The van der Waals surface area contributed by atoms with Gasteiger partial charge in [0.05, 0.1) is 5.39 Å². The van der Waals surface area contributed by atoms with E-state index in [-0.39, 0.29) is 0 Å². The van der Waals surface area contributed by atoms with Crippen molar-refractivity contribution >= 4 is 22.1 Å². The smallest absolute Gasteiger partial charge is 0.370 e. The third kappa shape index (κ3) is 1.01. The molecule has 1 aliphatic rings. The van der Waals surface area contributed by atoms with Gasteiger partial charge in [-0.1, -0.05) is 24.3 Å². The molecule has 0 fully saturated rings. The molecule has 0 saturated heterocycles. The van der Waals surface area contributed by atoms with Crippen molar-refractivity contribution in [2.75, 3.05) is 0 Å². The summed E-state index contributed by atoms with van der Waals surface area (Å²) in [7, 11) is 0. The topological polar surface area (TPSA) is 35.5 Å². The van der Waals surface area contributed by atoms with E-state index in [1.54, 1.807) is 12.1 Å². The third-order valence-corrected chi connectivity index (χ3v) is 2.78. The van der Waals surface area contributed by atoms with Crippen molar-refractivity contribution in [2.24, 2.45) is 0 Å². The summed E-state index contributed by atoms with van der Waals surface area (Å²) < 4.78 is 21.2. The van der Waals surface area contributed by atoms with Gasteiger partial charge in [0.25, 0.3) is 0 Å². The summed E-state index contributed by atoms with van der Waals surface area (Å²) >= 11 is -1.71. The maximum absolute atomic E-state index is 11.1. The van der Waals surface area contributed by atoms with Gasteiger partial charge in [-0.3, -0.25) is 0 Å². The fraction of sp³-hybridized carbons (Fsp3) is 0. The van der Waals surface area contributed by atoms with E-state index >= 15 is 0 Å². The highest BCUT2D eigenvalue weighted by Gasteiger charge is 2.19. The average molecular weight is 206 g/mol. The minimum Gasteiger partial charge on any atom is -0.370 e. The van der Waals surface area contributed by atoms with Gasteiger partial charge in [-0.25, -0.2) is 0 Å². The molecule has 0 saturated carbocycles. The van der Waals surface area contributed by atoms with E-state index in [9.17, 15) is 4.21 Å². The Morgan fingerprint density at radius 2 is 1.50 bits per heavy atom. The summed E-state index contributed by atoms with van der Waals surface area (Å²) in [5.74, 6) is 1.23. The molecule has 0 unspecified atom stereocenters. The molecular weight excluding hydrogens is 200 g/mol. The van der Waals surface area contributed by atoms with Gasteiger partial charge in [0, 0.05) is 0 Å². The summed E-state index contributed by atoms with van der Waals surface area (Å²) in [5.41, 5.74) is 0. The van der Waals surface area contributed by atoms with Crippen LogP contribution in [0.15, 0.2) is 36.4 Å². The van der Waals surface area contributed by atoms with Crippen LogP contribution in [0.2, 0.25) is 0 Å². The Morgan fingerprint density at radius 3 is 2.07 bits per heavy atom. The highest BCUT2D eigenvalue weighted by Crippen LogP contribution is 2.37. The molecule has 0 N–H and O–H groups in total. The van der Waals surface area contributed by atoms with Crippen LogP contribution in [0.25, 0.3) is 10.8 Å². The van der Waals surface area contributed by atoms with Gasteiger partial charge in [-0.05, 0) is 17.5 Å². The van der Waals surface area contributed by atoms with E-state index < -0.39 is 11.4 Å². The molecule has 2 aromatic carbocycles. The second-order valence-corrected chi connectivity index (χ2v) is 3.72. The second-order valence-electron chi connectivity index (χ2n) is 2.98. The molecule has 0 radical (unpaired) electrons. The summed E-state index contributed by atoms with van der Waals surface area (Å²) in [4.78, 5) is 0. The van der Waals surface area contributed by atoms with Crippen LogP contribution in [0, 0.1) is 0 Å². The average Bonchev–Trinajstić information content (AvgIpc) is 2.18. The minimum absolute atomic E-state index is 0.614. The summed E-state index contributed by atoms with van der Waals surface area (Å²) in [6, 6.07) is 11.2. The van der Waals surface area contributed by atoms with Crippen molar-refractivity contribution in [3.63, 3.8) is 0 Å². The third-order valence-electron chi connectivity index (χ3n) is 2.14. The lowest BCUT2D eigenvalue weighted by Crippen LogP contribution is -2.12. The van der Waals surface area contributed by atoms with Crippen LogP contribution in [0.5, 0.6) is 11.5 Å². The van der Waals surface area contributed by atoms with Crippen molar-refractivity contribution in [1.29, 1.82) is 0 Å². The SMILES string of the molecule is O=S1Oc2cccc3cccc(c23)O1. The Morgan fingerprint density at radius 1 is 0.929 bits per heavy atom. The number of benzene rings is 2. The van der Waals surface area contributed by atoms with Crippen molar-refractivity contribution in [3.8, 4) is 11.5 Å². The molecule has 0 aliphatic carbocycles. The van der Waals surface area contributed by atoms with Crippen molar-refractivity contribution in [2.45, 2.75) is 0 Å². The van der Waals surface area contributed by atoms with Crippen LogP contribution in [0.4, 0.5) is 0 Å². The summed E-state index contributed by atoms with van der Waals surface area (Å²) in [6.07, 6.45) is 0. The number of rotatable bonds is 0. The molecule has 0 aromatic heterocycles. The molecule has 0 spiro atoms. The maximum atomic E-state index is 11.1. The lowest BCUT2D eigenvalue weighted by Gasteiger charge is -2.15. The number of hydrogen-bond acceptors (Lipinski definition) is 3. The zero-order valence-corrected chi connectivity index (χ0v) is 7.91. The van der Waals surface area contributed by atoms with Gasteiger partial charge in [0.2, 0.25) is 0 Å². The molecule has 1 heterocycles. The van der Waals surface area contributed by atoms with Gasteiger partial charge >= 0.3 is 11.4 Å². The van der Waals surface area contributed by atoms with E-state index in [1.807, 2.05) is 24.3 Å². The van der Waals surface area contributed by atoms with Gasteiger partial charge in [0.15, 0.2) is 11.5 Å². The quantitative estimate of drug-likeness (QED) is 0.662. The normalized spacial score (nSPS) is 14.9. The minimum atomic E-state index is -1.71. The Balaban J connectivity index is 2.45. The van der Waals surface area contributed by atoms with Crippen LogP contribution in [-0.4, -0.2) is 4.21 Å². The first kappa shape index (κ1) is 7.82. The monoisotopic (exact) mass is 206 g/mol. The lowest BCUT2D eigenvalue weighted by atomic mass is 10.1. The van der Waals surface area contributed by atoms with Crippen LogP contribution in [0.3, 0.4) is 0 Å². The highest BCUT2D eigenvalue weighted by molar-refractivity contribution is 7.76. The van der Waals surface area contributed by atoms with Crippen molar-refractivity contribution < 1.29 is 12.6 Å². The molecule has 0 bridgehead atoms. The van der Waals surface area contributed by atoms with E-state index in [2.05, 4.69) is 0 Å². The van der Waals surface area contributed by atoms with Crippen LogP contribution >= 0.6 is 0 Å². The van der Waals surface area contributed by atoms with Crippen LogP contribution in [-0.2, 0) is 11.4 Å². The van der Waals surface area contributed by atoms with E-state index in [1.165, 1.54) is 0 Å². The number of hydrogen-bond donors (Lipinski definition) is 0. The molecule has 70 valence electrons. The van der Waals surface area contributed by atoms with Crippen LogP contribution in [0.1, 0.15) is 0 Å². The molecule has 1 aliphatic heterocycles. The Bertz CT molecular complexity index is 493. The molecule has 3 nitrogen and oxygen atoms in total. The summed E-state index contributed by atoms with van der Waals surface area (Å²) in [5, 5.41) is 1.91. The van der Waals surface area contributed by atoms with Gasteiger partial charge in [-0.2, -0.15) is 4.21 Å². The Hall–Kier alpha value is -1.55. The molecule has 3 rings (SSSR count). The van der Waals surface area contributed by atoms with Gasteiger partial charge in [-0.15, -0.1) is 0 Å². The predicted molar refractivity (Wildman–Crippen MR) is 53.3 cm³/mol. The molecular formula is C10H6O3S. The Kier molecular flexibility index (Phi) is 1.52. The molecule has 0 atom stereocenters. The zero-order chi connectivity index (χ0) is 9.54. The fourth-order valence-corrected chi connectivity index (χ4v) is 2.18. The molecule has 4 heteroatoms. The first-order valence-electron chi connectivity index (χ1n) is 4.15. The van der Waals surface area contributed by atoms with E-state index in [4.69, 9.17) is 8.37 Å². The largest absolute Gasteiger partial charge is 0.417 e. The molecule has 0 amide bonds. The van der Waals surface area contributed by atoms with Crippen molar-refractivity contribution in [1.82, 2.24) is 0 Å². The molecule has 14 heavy (non-hydrogen) atoms. The van der Waals surface area contributed by atoms with Gasteiger partial charge in [0.1, 0.15) is 0 Å². The lowest BCUT2D eigenvalue weighted by molar-refractivity contribution is 0.453. The van der Waals surface area contributed by atoms with Crippen LogP contribution < -0.4 is 8.37 Å².